The minimum atomic E-state index is -1.37. The highest BCUT2D eigenvalue weighted by molar-refractivity contribution is 5.85. The average molecular weight is 501 g/mol. The highest BCUT2D eigenvalue weighted by Crippen LogP contribution is 2.36. The molecule has 0 aliphatic rings. The lowest BCUT2D eigenvalue weighted by molar-refractivity contribution is -0.174. The van der Waals surface area contributed by atoms with Crippen molar-refractivity contribution in [3.63, 3.8) is 0 Å². The SMILES string of the molecule is CC(C)CC(C)(C(=O)OC(C)(C)C)C(N)Oc1ccc(-c2ccnc(N(C)C(=O)O)c2F)cc1C#N. The minimum absolute atomic E-state index is 0.0545. The van der Waals surface area contributed by atoms with E-state index in [0.29, 0.717) is 16.9 Å². The van der Waals surface area contributed by atoms with Gasteiger partial charge in [0.05, 0.1) is 5.56 Å². The highest BCUT2D eigenvalue weighted by Gasteiger charge is 2.45. The number of anilines is 1. The van der Waals surface area contributed by atoms with E-state index in [9.17, 15) is 14.9 Å². The Balaban J connectivity index is 2.44. The van der Waals surface area contributed by atoms with Crippen LogP contribution in [0.15, 0.2) is 30.5 Å². The molecule has 0 aliphatic carbocycles. The Hall–Kier alpha value is -3.71. The largest absolute Gasteiger partial charge is 0.473 e. The number of pyridine rings is 1. The van der Waals surface area contributed by atoms with E-state index in [-0.39, 0.29) is 28.6 Å². The summed E-state index contributed by atoms with van der Waals surface area (Å²) in [6.45, 7) is 10.8. The number of carbonyl (C=O) groups is 2. The van der Waals surface area contributed by atoms with Crippen molar-refractivity contribution in [1.82, 2.24) is 4.98 Å². The molecule has 0 aliphatic heterocycles. The standard InChI is InChI=1S/C26H33FN4O5/c1-15(2)13-26(6,23(32)36-25(3,4)5)22(29)35-19-9-8-16(12-17(19)14-28)18-10-11-30-21(20(18)27)31(7)24(33)34/h8-12,15,22H,13,29H2,1-7H3,(H,33,34). The van der Waals surface area contributed by atoms with Crippen molar-refractivity contribution in [2.45, 2.75) is 59.8 Å². The molecule has 2 aromatic rings. The number of halogens is 1. The molecule has 9 nitrogen and oxygen atoms in total. The van der Waals surface area contributed by atoms with Crippen molar-refractivity contribution >= 4 is 17.9 Å². The molecule has 0 bridgehead atoms. The van der Waals surface area contributed by atoms with E-state index >= 15 is 4.39 Å². The van der Waals surface area contributed by atoms with Gasteiger partial charge in [0.1, 0.15) is 22.8 Å². The second kappa shape index (κ2) is 10.9. The van der Waals surface area contributed by atoms with E-state index in [0.717, 1.165) is 0 Å². The van der Waals surface area contributed by atoms with E-state index in [1.807, 2.05) is 19.9 Å². The normalized spacial score (nSPS) is 13.9. The molecule has 10 heteroatoms. The summed E-state index contributed by atoms with van der Waals surface area (Å²) in [4.78, 5) is 28.8. The first-order valence-corrected chi connectivity index (χ1v) is 11.4. The van der Waals surface area contributed by atoms with Crippen LogP contribution in [-0.2, 0) is 9.53 Å². The van der Waals surface area contributed by atoms with Gasteiger partial charge >= 0.3 is 12.1 Å². The van der Waals surface area contributed by atoms with Gasteiger partial charge in [-0.05, 0) is 63.8 Å². The summed E-state index contributed by atoms with van der Waals surface area (Å²) in [6.07, 6.45) is -0.854. The predicted octanol–water partition coefficient (Wildman–Crippen LogP) is 4.93. The molecule has 0 saturated heterocycles. The summed E-state index contributed by atoms with van der Waals surface area (Å²) in [5.41, 5.74) is 4.86. The van der Waals surface area contributed by atoms with E-state index in [2.05, 4.69) is 4.98 Å². The molecular formula is C26H33FN4O5. The second-order valence-electron chi connectivity index (χ2n) is 10.2. The van der Waals surface area contributed by atoms with Gasteiger partial charge in [-0.25, -0.2) is 14.2 Å². The third-order valence-electron chi connectivity index (χ3n) is 5.47. The molecule has 0 fully saturated rings. The van der Waals surface area contributed by atoms with E-state index in [1.54, 1.807) is 27.7 Å². The van der Waals surface area contributed by atoms with E-state index in [1.165, 1.54) is 37.5 Å². The molecule has 1 heterocycles. The third-order valence-corrected chi connectivity index (χ3v) is 5.47. The molecule has 1 amide bonds. The Morgan fingerprint density at radius 3 is 2.42 bits per heavy atom. The number of hydrogen-bond acceptors (Lipinski definition) is 7. The molecule has 3 N–H and O–H groups in total. The molecule has 0 radical (unpaired) electrons. The van der Waals surface area contributed by atoms with Gasteiger partial charge in [0.15, 0.2) is 17.9 Å². The maximum Gasteiger partial charge on any atom is 0.412 e. The van der Waals surface area contributed by atoms with Crippen LogP contribution in [0.2, 0.25) is 0 Å². The molecule has 1 aromatic carbocycles. The average Bonchev–Trinajstić information content (AvgIpc) is 2.77. The number of carbonyl (C=O) groups excluding carboxylic acids is 1. The summed E-state index contributed by atoms with van der Waals surface area (Å²) in [5.74, 6) is -1.53. The first kappa shape index (κ1) is 28.5. The zero-order valence-electron chi connectivity index (χ0n) is 21.6. The Bertz CT molecular complexity index is 1170. The number of nitriles is 1. The maximum atomic E-state index is 15.1. The molecule has 0 saturated carbocycles. The van der Waals surface area contributed by atoms with Crippen molar-refractivity contribution in [2.75, 3.05) is 11.9 Å². The van der Waals surface area contributed by atoms with Crippen LogP contribution in [0.1, 0.15) is 53.5 Å². The van der Waals surface area contributed by atoms with Crippen LogP contribution in [-0.4, -0.2) is 41.0 Å². The molecule has 36 heavy (non-hydrogen) atoms. The summed E-state index contributed by atoms with van der Waals surface area (Å²) >= 11 is 0. The lowest BCUT2D eigenvalue weighted by Gasteiger charge is -2.36. The van der Waals surface area contributed by atoms with Crippen LogP contribution in [0.4, 0.5) is 15.0 Å². The molecule has 1 aromatic heterocycles. The fraction of sp³-hybridized carbons (Fsp3) is 0.462. The van der Waals surface area contributed by atoms with Gasteiger partial charge in [0, 0.05) is 18.8 Å². The van der Waals surface area contributed by atoms with Crippen LogP contribution >= 0.6 is 0 Å². The Labute approximate surface area is 210 Å². The van der Waals surface area contributed by atoms with Gasteiger partial charge in [-0.3, -0.25) is 15.4 Å². The fourth-order valence-corrected chi connectivity index (χ4v) is 3.69. The Morgan fingerprint density at radius 2 is 1.89 bits per heavy atom. The van der Waals surface area contributed by atoms with Crippen molar-refractivity contribution in [3.05, 3.63) is 41.8 Å². The molecular weight excluding hydrogens is 467 g/mol. The summed E-state index contributed by atoms with van der Waals surface area (Å²) in [6, 6.07) is 7.75. The van der Waals surface area contributed by atoms with Crippen molar-refractivity contribution in [1.29, 1.82) is 5.26 Å². The maximum absolute atomic E-state index is 15.1. The smallest absolute Gasteiger partial charge is 0.412 e. The van der Waals surface area contributed by atoms with Crippen molar-refractivity contribution < 1.29 is 28.6 Å². The zero-order chi connectivity index (χ0) is 27.4. The van der Waals surface area contributed by atoms with Gasteiger partial charge in [0.25, 0.3) is 0 Å². The van der Waals surface area contributed by atoms with Gasteiger partial charge in [-0.15, -0.1) is 0 Å². The predicted molar refractivity (Wildman–Crippen MR) is 133 cm³/mol. The number of aromatic nitrogens is 1. The topological polar surface area (TPSA) is 139 Å². The zero-order valence-corrected chi connectivity index (χ0v) is 21.6. The van der Waals surface area contributed by atoms with Crippen LogP contribution in [0.3, 0.4) is 0 Å². The number of nitrogens with zero attached hydrogens (tertiary/aromatic N) is 3. The second-order valence-corrected chi connectivity index (χ2v) is 10.2. The number of ether oxygens (including phenoxy) is 2. The first-order chi connectivity index (χ1) is 16.6. The molecule has 2 atom stereocenters. The lowest BCUT2D eigenvalue weighted by atomic mass is 9.80. The van der Waals surface area contributed by atoms with Gasteiger partial charge < -0.3 is 14.6 Å². The first-order valence-electron chi connectivity index (χ1n) is 11.4. The van der Waals surface area contributed by atoms with E-state index in [4.69, 9.17) is 20.3 Å². The van der Waals surface area contributed by atoms with Gasteiger partial charge in [-0.2, -0.15) is 5.26 Å². The summed E-state index contributed by atoms with van der Waals surface area (Å²) in [7, 11) is 1.18. The van der Waals surface area contributed by atoms with Crippen LogP contribution in [0.25, 0.3) is 11.1 Å². The fourth-order valence-electron chi connectivity index (χ4n) is 3.69. The van der Waals surface area contributed by atoms with Crippen LogP contribution in [0, 0.1) is 28.5 Å². The van der Waals surface area contributed by atoms with Crippen LogP contribution in [0.5, 0.6) is 5.75 Å². The van der Waals surface area contributed by atoms with Gasteiger partial charge in [-0.1, -0.05) is 19.9 Å². The number of amides is 1. The van der Waals surface area contributed by atoms with E-state index < -0.39 is 35.1 Å². The number of esters is 1. The monoisotopic (exact) mass is 500 g/mol. The number of nitrogens with two attached hydrogens (primary N) is 1. The van der Waals surface area contributed by atoms with Crippen LogP contribution < -0.4 is 15.4 Å². The molecule has 2 rings (SSSR count). The van der Waals surface area contributed by atoms with Crippen molar-refractivity contribution in [2.24, 2.45) is 17.1 Å². The Morgan fingerprint density at radius 1 is 1.25 bits per heavy atom. The number of carboxylic acid groups (broad SMARTS) is 1. The molecule has 0 spiro atoms. The van der Waals surface area contributed by atoms with Gasteiger partial charge in [0.2, 0.25) is 0 Å². The summed E-state index contributed by atoms with van der Waals surface area (Å²) in [5, 5.41) is 18.9. The number of rotatable bonds is 8. The lowest BCUT2D eigenvalue weighted by Crippen LogP contribution is -2.52. The summed E-state index contributed by atoms with van der Waals surface area (Å²) < 4.78 is 26.6. The minimum Gasteiger partial charge on any atom is -0.473 e. The number of hydrogen-bond donors (Lipinski definition) is 2. The van der Waals surface area contributed by atoms with Crippen molar-refractivity contribution in [3.8, 4) is 22.9 Å². The third kappa shape index (κ3) is 6.49. The molecule has 2 unspecified atom stereocenters. The Kier molecular flexibility index (Phi) is 8.65. The molecule has 194 valence electrons. The highest BCUT2D eigenvalue weighted by atomic mass is 19.1. The number of benzene rings is 1. The quantitative estimate of drug-likeness (QED) is 0.384.